The maximum absolute atomic E-state index is 12.0. The second-order valence-electron chi connectivity index (χ2n) is 5.67. The van der Waals surface area contributed by atoms with Gasteiger partial charge in [0.15, 0.2) is 0 Å². The van der Waals surface area contributed by atoms with E-state index in [-0.39, 0.29) is 4.90 Å². The van der Waals surface area contributed by atoms with Gasteiger partial charge in [0.25, 0.3) is 0 Å². The first-order valence-corrected chi connectivity index (χ1v) is 8.47. The van der Waals surface area contributed by atoms with Crippen LogP contribution in [0.2, 0.25) is 0 Å². The highest BCUT2D eigenvalue weighted by Crippen LogP contribution is 2.30. The molecule has 1 heterocycles. The van der Waals surface area contributed by atoms with Gasteiger partial charge in [0.05, 0.1) is 11.9 Å². The molecule has 1 aliphatic carbocycles. The minimum Gasteiger partial charge on any atom is -0.281 e. The van der Waals surface area contributed by atoms with Crippen molar-refractivity contribution < 1.29 is 8.42 Å². The van der Waals surface area contributed by atoms with Gasteiger partial charge in [-0.3, -0.25) is 5.10 Å². The van der Waals surface area contributed by atoms with Gasteiger partial charge in [-0.05, 0) is 25.2 Å². The van der Waals surface area contributed by atoms with Crippen molar-refractivity contribution in [2.45, 2.75) is 50.8 Å². The Balaban J connectivity index is 1.81. The topological polar surface area (TPSA) is 74.8 Å². The third-order valence-corrected chi connectivity index (χ3v) is 5.63. The summed E-state index contributed by atoms with van der Waals surface area (Å²) in [6, 6.07) is 0. The van der Waals surface area contributed by atoms with Gasteiger partial charge in [-0.25, -0.2) is 13.1 Å². The SMILES string of the molecule is Cc1[nH]ncc1S(=O)(=O)NCCC1CCC(C)CC1. The van der Waals surface area contributed by atoms with Crippen molar-refractivity contribution in [3.63, 3.8) is 0 Å². The standard InChI is InChI=1S/C13H23N3O2S/c1-10-3-5-12(6-4-10)7-8-15-19(17,18)13-9-14-16-11(13)2/h9-10,12,15H,3-8H2,1-2H3,(H,14,16). The van der Waals surface area contributed by atoms with Crippen molar-refractivity contribution >= 4 is 10.0 Å². The van der Waals surface area contributed by atoms with Gasteiger partial charge in [0, 0.05) is 6.54 Å². The summed E-state index contributed by atoms with van der Waals surface area (Å²) in [4.78, 5) is 0.254. The summed E-state index contributed by atoms with van der Waals surface area (Å²) in [7, 11) is -3.40. The molecule has 0 radical (unpaired) electrons. The highest BCUT2D eigenvalue weighted by molar-refractivity contribution is 7.89. The summed E-state index contributed by atoms with van der Waals surface area (Å²) in [6.45, 7) is 4.52. The molecule has 5 nitrogen and oxygen atoms in total. The molecular formula is C13H23N3O2S. The summed E-state index contributed by atoms with van der Waals surface area (Å²) in [5.74, 6) is 1.51. The third kappa shape index (κ3) is 3.79. The molecule has 0 aromatic carbocycles. The van der Waals surface area contributed by atoms with Crippen molar-refractivity contribution in [2.24, 2.45) is 11.8 Å². The molecule has 0 amide bonds. The Labute approximate surface area is 115 Å². The van der Waals surface area contributed by atoms with E-state index in [0.29, 0.717) is 18.2 Å². The van der Waals surface area contributed by atoms with E-state index in [1.54, 1.807) is 6.92 Å². The van der Waals surface area contributed by atoms with E-state index in [1.807, 2.05) is 0 Å². The Bertz CT molecular complexity index is 502. The largest absolute Gasteiger partial charge is 0.281 e. The van der Waals surface area contributed by atoms with Crippen LogP contribution in [0.1, 0.15) is 44.7 Å². The quantitative estimate of drug-likeness (QED) is 0.871. The number of aryl methyl sites for hydroxylation is 1. The van der Waals surface area contributed by atoms with Gasteiger partial charge in [0.1, 0.15) is 4.90 Å². The lowest BCUT2D eigenvalue weighted by molar-refractivity contribution is 0.278. The molecule has 2 rings (SSSR count). The molecule has 0 atom stereocenters. The number of hydrogen-bond donors (Lipinski definition) is 2. The lowest BCUT2D eigenvalue weighted by Gasteiger charge is -2.26. The van der Waals surface area contributed by atoms with Crippen LogP contribution >= 0.6 is 0 Å². The molecule has 1 aliphatic rings. The van der Waals surface area contributed by atoms with Crippen molar-refractivity contribution in [1.29, 1.82) is 0 Å². The smallest absolute Gasteiger partial charge is 0.243 e. The predicted molar refractivity (Wildman–Crippen MR) is 74.3 cm³/mol. The van der Waals surface area contributed by atoms with Crippen LogP contribution in [0.4, 0.5) is 0 Å². The lowest BCUT2D eigenvalue weighted by atomic mass is 9.81. The van der Waals surface area contributed by atoms with E-state index in [9.17, 15) is 8.42 Å². The van der Waals surface area contributed by atoms with Crippen LogP contribution in [-0.2, 0) is 10.0 Å². The van der Waals surface area contributed by atoms with Crippen molar-refractivity contribution in [3.8, 4) is 0 Å². The molecule has 2 N–H and O–H groups in total. The molecule has 6 heteroatoms. The average molecular weight is 285 g/mol. The van der Waals surface area contributed by atoms with Crippen molar-refractivity contribution in [2.75, 3.05) is 6.54 Å². The maximum Gasteiger partial charge on any atom is 0.243 e. The Kier molecular flexibility index (Phi) is 4.62. The Morgan fingerprint density at radius 2 is 2.05 bits per heavy atom. The second kappa shape index (κ2) is 6.05. The van der Waals surface area contributed by atoms with E-state index in [1.165, 1.54) is 31.9 Å². The molecule has 0 saturated heterocycles. The zero-order valence-electron chi connectivity index (χ0n) is 11.6. The van der Waals surface area contributed by atoms with E-state index in [4.69, 9.17) is 0 Å². The zero-order chi connectivity index (χ0) is 13.9. The van der Waals surface area contributed by atoms with Gasteiger partial charge in [-0.15, -0.1) is 0 Å². The molecule has 19 heavy (non-hydrogen) atoms. The van der Waals surface area contributed by atoms with Gasteiger partial charge in [-0.1, -0.05) is 32.6 Å². The fourth-order valence-electron chi connectivity index (χ4n) is 2.70. The van der Waals surface area contributed by atoms with Gasteiger partial charge < -0.3 is 0 Å². The number of H-pyrrole nitrogens is 1. The zero-order valence-corrected chi connectivity index (χ0v) is 12.5. The third-order valence-electron chi connectivity index (χ3n) is 4.05. The van der Waals surface area contributed by atoms with Crippen LogP contribution in [0.15, 0.2) is 11.1 Å². The molecule has 1 aromatic rings. The molecule has 0 spiro atoms. The molecule has 1 saturated carbocycles. The molecule has 1 aromatic heterocycles. The van der Waals surface area contributed by atoms with Gasteiger partial charge >= 0.3 is 0 Å². The first-order valence-electron chi connectivity index (χ1n) is 6.98. The van der Waals surface area contributed by atoms with E-state index >= 15 is 0 Å². The van der Waals surface area contributed by atoms with E-state index in [2.05, 4.69) is 21.8 Å². The molecule has 0 aliphatic heterocycles. The highest BCUT2D eigenvalue weighted by Gasteiger charge is 2.21. The highest BCUT2D eigenvalue weighted by atomic mass is 32.2. The number of aromatic nitrogens is 2. The first kappa shape index (κ1) is 14.5. The van der Waals surface area contributed by atoms with Crippen LogP contribution < -0.4 is 4.72 Å². The van der Waals surface area contributed by atoms with E-state index in [0.717, 1.165) is 12.3 Å². The first-order chi connectivity index (χ1) is 8.99. The normalized spacial score (nSPS) is 24.5. The van der Waals surface area contributed by atoms with Crippen LogP contribution in [0.25, 0.3) is 0 Å². The fraction of sp³-hybridized carbons (Fsp3) is 0.769. The number of aromatic amines is 1. The summed E-state index contributed by atoms with van der Waals surface area (Å²) in [5.41, 5.74) is 0.582. The fourth-order valence-corrected chi connectivity index (χ4v) is 3.89. The second-order valence-corrected chi connectivity index (χ2v) is 7.41. The van der Waals surface area contributed by atoms with Crippen LogP contribution in [-0.4, -0.2) is 25.2 Å². The van der Waals surface area contributed by atoms with Crippen LogP contribution in [0.3, 0.4) is 0 Å². The van der Waals surface area contributed by atoms with Crippen molar-refractivity contribution in [1.82, 2.24) is 14.9 Å². The molecular weight excluding hydrogens is 262 g/mol. The Hall–Kier alpha value is -0.880. The average Bonchev–Trinajstić information content (AvgIpc) is 2.79. The Morgan fingerprint density at radius 3 is 2.63 bits per heavy atom. The summed E-state index contributed by atoms with van der Waals surface area (Å²) >= 11 is 0. The van der Waals surface area contributed by atoms with Gasteiger partial charge in [-0.2, -0.15) is 5.10 Å². The minimum absolute atomic E-state index is 0.254. The number of hydrogen-bond acceptors (Lipinski definition) is 3. The predicted octanol–water partition coefficient (Wildman–Crippen LogP) is 2.21. The summed E-state index contributed by atoms with van der Waals surface area (Å²) in [6.07, 6.45) is 7.31. The molecule has 108 valence electrons. The Morgan fingerprint density at radius 1 is 1.37 bits per heavy atom. The number of nitrogens with one attached hydrogen (secondary N) is 2. The maximum atomic E-state index is 12.0. The molecule has 0 bridgehead atoms. The van der Waals surface area contributed by atoms with Crippen LogP contribution in [0, 0.1) is 18.8 Å². The van der Waals surface area contributed by atoms with Gasteiger partial charge in [0.2, 0.25) is 10.0 Å². The lowest BCUT2D eigenvalue weighted by Crippen LogP contribution is -2.27. The molecule has 1 fully saturated rings. The number of rotatable bonds is 5. The minimum atomic E-state index is -3.40. The van der Waals surface area contributed by atoms with Crippen molar-refractivity contribution in [3.05, 3.63) is 11.9 Å². The number of nitrogens with zero attached hydrogens (tertiary/aromatic N) is 1. The number of sulfonamides is 1. The van der Waals surface area contributed by atoms with Crippen LogP contribution in [0.5, 0.6) is 0 Å². The molecule has 0 unspecified atom stereocenters. The summed E-state index contributed by atoms with van der Waals surface area (Å²) < 4.78 is 26.7. The van der Waals surface area contributed by atoms with E-state index < -0.39 is 10.0 Å². The monoisotopic (exact) mass is 285 g/mol. The summed E-state index contributed by atoms with van der Waals surface area (Å²) in [5, 5.41) is 6.40.